The third kappa shape index (κ3) is 2.98. The maximum absolute atomic E-state index is 10.8. The van der Waals surface area contributed by atoms with E-state index >= 15 is 0 Å². The predicted octanol–water partition coefficient (Wildman–Crippen LogP) is 1.78. The van der Waals surface area contributed by atoms with Crippen LogP contribution in [0, 0.1) is 0 Å². The molecule has 0 aromatic carbocycles. The molecule has 0 bridgehead atoms. The highest BCUT2D eigenvalue weighted by Gasteiger charge is 2.04. The standard InChI is InChI=1S/C11H13BrN4O2/c1-13-11(17)18-6-2-3-8-4-5-16-10(15-8)9(12)7-14-16/h4-5,7H,2-3,6H2,1H3,(H,13,17). The molecule has 2 rings (SSSR count). The number of carbonyl (C=O) groups is 1. The molecule has 0 unspecified atom stereocenters. The van der Waals surface area contributed by atoms with Crippen LogP contribution in [0.5, 0.6) is 0 Å². The van der Waals surface area contributed by atoms with Crippen LogP contribution in [-0.4, -0.2) is 34.3 Å². The second-order valence-electron chi connectivity index (χ2n) is 3.67. The van der Waals surface area contributed by atoms with Crippen molar-refractivity contribution in [3.63, 3.8) is 0 Å². The van der Waals surface area contributed by atoms with Gasteiger partial charge in [0.25, 0.3) is 0 Å². The molecule has 18 heavy (non-hydrogen) atoms. The van der Waals surface area contributed by atoms with Crippen LogP contribution in [0.25, 0.3) is 5.65 Å². The largest absolute Gasteiger partial charge is 0.450 e. The van der Waals surface area contributed by atoms with Crippen LogP contribution >= 0.6 is 15.9 Å². The molecular formula is C11H13BrN4O2. The molecule has 2 heterocycles. The highest BCUT2D eigenvalue weighted by atomic mass is 79.9. The summed E-state index contributed by atoms with van der Waals surface area (Å²) >= 11 is 3.39. The van der Waals surface area contributed by atoms with Crippen molar-refractivity contribution >= 4 is 27.7 Å². The third-order valence-corrected chi connectivity index (χ3v) is 2.96. The van der Waals surface area contributed by atoms with E-state index in [9.17, 15) is 4.79 Å². The van der Waals surface area contributed by atoms with Gasteiger partial charge in [-0.1, -0.05) is 0 Å². The number of amides is 1. The Morgan fingerprint density at radius 3 is 3.22 bits per heavy atom. The average molecular weight is 313 g/mol. The summed E-state index contributed by atoms with van der Waals surface area (Å²) in [5.74, 6) is 0. The van der Waals surface area contributed by atoms with E-state index in [4.69, 9.17) is 4.74 Å². The highest BCUT2D eigenvalue weighted by Crippen LogP contribution is 2.15. The molecular weight excluding hydrogens is 300 g/mol. The minimum Gasteiger partial charge on any atom is -0.450 e. The topological polar surface area (TPSA) is 68.5 Å². The summed E-state index contributed by atoms with van der Waals surface area (Å²) in [6, 6.07) is 1.91. The zero-order valence-electron chi connectivity index (χ0n) is 9.89. The van der Waals surface area contributed by atoms with Crippen LogP contribution in [0.15, 0.2) is 22.9 Å². The molecule has 1 N–H and O–H groups in total. The summed E-state index contributed by atoms with van der Waals surface area (Å²) in [6.45, 7) is 0.382. The summed E-state index contributed by atoms with van der Waals surface area (Å²) in [6.07, 6.45) is 4.66. The number of alkyl carbamates (subject to hydrolysis) is 1. The maximum atomic E-state index is 10.8. The summed E-state index contributed by atoms with van der Waals surface area (Å²) < 4.78 is 7.47. The zero-order valence-corrected chi connectivity index (χ0v) is 11.5. The SMILES string of the molecule is CNC(=O)OCCCc1ccn2ncc(Br)c2n1. The van der Waals surface area contributed by atoms with Crippen molar-refractivity contribution in [3.05, 3.63) is 28.6 Å². The Bertz CT molecular complexity index is 555. The molecule has 96 valence electrons. The van der Waals surface area contributed by atoms with Gasteiger partial charge in [-0.3, -0.25) is 0 Å². The van der Waals surface area contributed by atoms with E-state index in [2.05, 4.69) is 31.3 Å². The zero-order chi connectivity index (χ0) is 13.0. The summed E-state index contributed by atoms with van der Waals surface area (Å²) in [4.78, 5) is 15.3. The Balaban J connectivity index is 1.91. The lowest BCUT2D eigenvalue weighted by Gasteiger charge is -2.04. The molecule has 6 nitrogen and oxygen atoms in total. The van der Waals surface area contributed by atoms with Crippen LogP contribution in [0.2, 0.25) is 0 Å². The van der Waals surface area contributed by atoms with Gasteiger partial charge in [-0.2, -0.15) is 5.10 Å². The van der Waals surface area contributed by atoms with Crippen molar-refractivity contribution in [3.8, 4) is 0 Å². The Morgan fingerprint density at radius 1 is 1.61 bits per heavy atom. The minimum absolute atomic E-state index is 0.382. The molecule has 0 atom stereocenters. The number of hydrogen-bond acceptors (Lipinski definition) is 4. The number of halogens is 1. The fraction of sp³-hybridized carbons (Fsp3) is 0.364. The van der Waals surface area contributed by atoms with Gasteiger partial charge in [-0.05, 0) is 34.8 Å². The van der Waals surface area contributed by atoms with E-state index in [-0.39, 0.29) is 0 Å². The first-order valence-corrected chi connectivity index (χ1v) is 6.33. The number of carbonyl (C=O) groups excluding carboxylic acids is 1. The molecule has 1 amide bonds. The van der Waals surface area contributed by atoms with Gasteiger partial charge in [0.2, 0.25) is 0 Å². The van der Waals surface area contributed by atoms with E-state index in [0.29, 0.717) is 6.61 Å². The van der Waals surface area contributed by atoms with Crippen LogP contribution in [0.1, 0.15) is 12.1 Å². The fourth-order valence-corrected chi connectivity index (χ4v) is 1.87. The Hall–Kier alpha value is -1.63. The Morgan fingerprint density at radius 2 is 2.44 bits per heavy atom. The van der Waals surface area contributed by atoms with Crippen LogP contribution in [-0.2, 0) is 11.2 Å². The lowest BCUT2D eigenvalue weighted by atomic mass is 10.2. The number of nitrogens with zero attached hydrogens (tertiary/aromatic N) is 3. The van der Waals surface area contributed by atoms with E-state index in [1.54, 1.807) is 10.7 Å². The first-order valence-electron chi connectivity index (χ1n) is 5.54. The molecule has 0 spiro atoms. The number of hydrogen-bond donors (Lipinski definition) is 1. The smallest absolute Gasteiger partial charge is 0.406 e. The van der Waals surface area contributed by atoms with Crippen molar-refractivity contribution in [2.75, 3.05) is 13.7 Å². The van der Waals surface area contributed by atoms with Crippen LogP contribution < -0.4 is 5.32 Å². The van der Waals surface area contributed by atoms with E-state index in [1.165, 1.54) is 7.05 Å². The minimum atomic E-state index is -0.406. The Kier molecular flexibility index (Phi) is 4.14. The summed E-state index contributed by atoms with van der Waals surface area (Å²) in [5.41, 5.74) is 1.74. The molecule has 2 aromatic heterocycles. The van der Waals surface area contributed by atoms with Crippen LogP contribution in [0.4, 0.5) is 4.79 Å². The number of rotatable bonds is 4. The number of aryl methyl sites for hydroxylation is 1. The van der Waals surface area contributed by atoms with Gasteiger partial charge in [0.1, 0.15) is 0 Å². The van der Waals surface area contributed by atoms with Gasteiger partial charge in [-0.25, -0.2) is 14.3 Å². The van der Waals surface area contributed by atoms with Gasteiger partial charge < -0.3 is 10.1 Å². The summed E-state index contributed by atoms with van der Waals surface area (Å²) in [7, 11) is 1.54. The first-order chi connectivity index (χ1) is 8.70. The molecule has 7 heteroatoms. The molecule has 0 fully saturated rings. The second-order valence-corrected chi connectivity index (χ2v) is 4.52. The molecule has 0 aliphatic heterocycles. The first kappa shape index (κ1) is 12.8. The lowest BCUT2D eigenvalue weighted by molar-refractivity contribution is 0.147. The Labute approximate surface area is 112 Å². The van der Waals surface area contributed by atoms with Gasteiger partial charge in [-0.15, -0.1) is 0 Å². The van der Waals surface area contributed by atoms with Crippen LogP contribution in [0.3, 0.4) is 0 Å². The number of ether oxygens (including phenoxy) is 1. The monoisotopic (exact) mass is 312 g/mol. The van der Waals surface area contributed by atoms with Crippen molar-refractivity contribution in [2.24, 2.45) is 0 Å². The third-order valence-electron chi connectivity index (χ3n) is 2.40. The summed E-state index contributed by atoms with van der Waals surface area (Å²) in [5, 5.41) is 6.52. The van der Waals surface area contributed by atoms with Crippen molar-refractivity contribution in [1.82, 2.24) is 19.9 Å². The second kappa shape index (κ2) is 5.81. The van der Waals surface area contributed by atoms with Crippen molar-refractivity contribution < 1.29 is 9.53 Å². The van der Waals surface area contributed by atoms with Gasteiger partial charge in [0.15, 0.2) is 5.65 Å². The number of fused-ring (bicyclic) bond motifs is 1. The normalized spacial score (nSPS) is 10.6. The van der Waals surface area contributed by atoms with E-state index in [0.717, 1.165) is 28.7 Å². The van der Waals surface area contributed by atoms with Crippen molar-refractivity contribution in [2.45, 2.75) is 12.8 Å². The predicted molar refractivity (Wildman–Crippen MR) is 69.4 cm³/mol. The molecule has 0 radical (unpaired) electrons. The fourth-order valence-electron chi connectivity index (χ4n) is 1.51. The van der Waals surface area contributed by atoms with Gasteiger partial charge in [0, 0.05) is 18.9 Å². The van der Waals surface area contributed by atoms with Gasteiger partial charge in [0.05, 0.1) is 17.3 Å². The number of aromatic nitrogens is 3. The van der Waals surface area contributed by atoms with E-state index in [1.807, 2.05) is 12.3 Å². The number of nitrogens with one attached hydrogen (secondary N) is 1. The van der Waals surface area contributed by atoms with Crippen molar-refractivity contribution in [1.29, 1.82) is 0 Å². The quantitative estimate of drug-likeness (QED) is 0.874. The maximum Gasteiger partial charge on any atom is 0.406 e. The average Bonchev–Trinajstić information content (AvgIpc) is 2.76. The molecule has 0 aliphatic carbocycles. The van der Waals surface area contributed by atoms with E-state index < -0.39 is 6.09 Å². The molecule has 0 aliphatic rings. The molecule has 0 saturated carbocycles. The lowest BCUT2D eigenvalue weighted by Crippen LogP contribution is -2.19. The molecule has 2 aromatic rings. The highest BCUT2D eigenvalue weighted by molar-refractivity contribution is 9.10. The van der Waals surface area contributed by atoms with Gasteiger partial charge >= 0.3 is 6.09 Å². The molecule has 0 saturated heterocycles.